The van der Waals surface area contributed by atoms with E-state index in [-0.39, 0.29) is 0 Å². The molecule has 0 spiro atoms. The first-order valence-electron chi connectivity index (χ1n) is 10.8. The van der Waals surface area contributed by atoms with Crippen LogP contribution >= 0.6 is 0 Å². The predicted molar refractivity (Wildman–Crippen MR) is 129 cm³/mol. The van der Waals surface area contributed by atoms with Crippen molar-refractivity contribution in [2.75, 3.05) is 12.1 Å². The second-order valence-electron chi connectivity index (χ2n) is 7.63. The maximum atomic E-state index is 15.1. The van der Waals surface area contributed by atoms with E-state index in [9.17, 15) is 0 Å². The van der Waals surface area contributed by atoms with E-state index in [1.807, 2.05) is 77.5 Å². The maximum Gasteiger partial charge on any atom is 0.152 e. The summed E-state index contributed by atoms with van der Waals surface area (Å²) in [6, 6.07) is 26.2. The smallest absolute Gasteiger partial charge is 0.152 e. The summed E-state index contributed by atoms with van der Waals surface area (Å²) in [5, 5.41) is 6.04. The summed E-state index contributed by atoms with van der Waals surface area (Å²) in [5.74, 6) is 0.594. The topological polar surface area (TPSA) is 51.6 Å². The summed E-state index contributed by atoms with van der Waals surface area (Å²) < 4.78 is 28.2. The van der Waals surface area contributed by atoms with Crippen LogP contribution in [0.25, 0.3) is 11.4 Å². The van der Waals surface area contributed by atoms with Crippen LogP contribution in [0.15, 0.2) is 109 Å². The quantitative estimate of drug-likeness (QED) is 0.403. The van der Waals surface area contributed by atoms with Crippen LogP contribution in [-0.4, -0.2) is 16.9 Å². The Hall–Kier alpha value is -4.52. The minimum atomic E-state index is -0.428. The van der Waals surface area contributed by atoms with Gasteiger partial charge in [0.2, 0.25) is 0 Å². The van der Waals surface area contributed by atoms with Crippen LogP contribution in [0.4, 0.5) is 10.1 Å². The highest BCUT2D eigenvalue weighted by Gasteiger charge is 2.21. The summed E-state index contributed by atoms with van der Waals surface area (Å²) in [6.07, 6.45) is 5.26. The summed E-state index contributed by atoms with van der Waals surface area (Å²) in [4.78, 5) is 0. The number of allylic oxidation sites excluding steroid dienone is 1. The van der Waals surface area contributed by atoms with Gasteiger partial charge in [-0.3, -0.25) is 10.4 Å². The lowest BCUT2D eigenvalue weighted by Crippen LogP contribution is -2.36. The molecular formula is C27H23FN4O2. The molecule has 0 atom stereocenters. The molecule has 1 aliphatic heterocycles. The third-order valence-electron chi connectivity index (χ3n) is 5.37. The van der Waals surface area contributed by atoms with Crippen molar-refractivity contribution >= 4 is 11.4 Å². The highest BCUT2D eigenvalue weighted by Crippen LogP contribution is 2.29. The molecule has 0 saturated heterocycles. The lowest BCUT2D eigenvalue weighted by atomic mass is 10.2. The van der Waals surface area contributed by atoms with Crippen molar-refractivity contribution in [1.29, 1.82) is 0 Å². The molecule has 34 heavy (non-hydrogen) atoms. The highest BCUT2D eigenvalue weighted by molar-refractivity contribution is 5.70. The molecule has 1 aliphatic rings. The number of rotatable bonds is 7. The summed E-state index contributed by atoms with van der Waals surface area (Å²) in [7, 11) is 1.58. The first kappa shape index (κ1) is 21.3. The molecule has 3 aromatic carbocycles. The van der Waals surface area contributed by atoms with Crippen molar-refractivity contribution in [2.45, 2.75) is 6.61 Å². The standard InChI is InChI=1S/C27H23FN4O2/c1-33-23-17-25(27-14-15-29-32(27)21-10-6-3-7-11-21)30-31(18-23)26-13-12-22(16-24(26)28)34-19-20-8-4-2-5-9-20/h2-18,30H,19H2,1H3. The molecular weight excluding hydrogens is 431 g/mol. The van der Waals surface area contributed by atoms with Gasteiger partial charge in [0.15, 0.2) is 5.82 Å². The van der Waals surface area contributed by atoms with Crippen molar-refractivity contribution in [3.05, 3.63) is 126 Å². The average molecular weight is 455 g/mol. The molecule has 0 radical (unpaired) electrons. The van der Waals surface area contributed by atoms with Crippen molar-refractivity contribution in [3.63, 3.8) is 0 Å². The van der Waals surface area contributed by atoms with Crippen LogP contribution in [0.5, 0.6) is 5.75 Å². The summed E-state index contributed by atoms with van der Waals surface area (Å²) >= 11 is 0. The number of aromatic nitrogens is 2. The van der Waals surface area contributed by atoms with E-state index < -0.39 is 5.82 Å². The number of hydrogen-bond donors (Lipinski definition) is 1. The maximum absolute atomic E-state index is 15.1. The van der Waals surface area contributed by atoms with Gasteiger partial charge in [0.05, 0.1) is 42.3 Å². The van der Waals surface area contributed by atoms with Crippen LogP contribution in [0.3, 0.4) is 0 Å². The zero-order valence-corrected chi connectivity index (χ0v) is 18.6. The fourth-order valence-corrected chi connectivity index (χ4v) is 3.67. The van der Waals surface area contributed by atoms with Crippen LogP contribution in [-0.2, 0) is 11.3 Å². The number of hydrogen-bond acceptors (Lipinski definition) is 5. The second kappa shape index (κ2) is 9.54. The minimum absolute atomic E-state index is 0.331. The van der Waals surface area contributed by atoms with Crippen molar-refractivity contribution in [3.8, 4) is 11.4 Å². The number of halogens is 1. The van der Waals surface area contributed by atoms with E-state index >= 15 is 4.39 Å². The molecule has 1 aromatic heterocycles. The van der Waals surface area contributed by atoms with Gasteiger partial charge < -0.3 is 9.47 Å². The van der Waals surface area contributed by atoms with Gasteiger partial charge >= 0.3 is 0 Å². The molecule has 0 saturated carbocycles. The number of ether oxygens (including phenoxy) is 2. The number of methoxy groups -OCH3 is 1. The van der Waals surface area contributed by atoms with Gasteiger partial charge in [0, 0.05) is 12.1 Å². The third-order valence-corrected chi connectivity index (χ3v) is 5.37. The van der Waals surface area contributed by atoms with Gasteiger partial charge in [-0.05, 0) is 35.9 Å². The Morgan fingerprint density at radius 2 is 1.71 bits per heavy atom. The van der Waals surface area contributed by atoms with Gasteiger partial charge in [0.1, 0.15) is 18.1 Å². The molecule has 0 unspecified atom stereocenters. The van der Waals surface area contributed by atoms with E-state index in [1.165, 1.54) is 6.07 Å². The summed E-state index contributed by atoms with van der Waals surface area (Å²) in [5.41, 5.74) is 7.04. The van der Waals surface area contributed by atoms with E-state index in [2.05, 4.69) is 10.5 Å². The fourth-order valence-electron chi connectivity index (χ4n) is 3.67. The van der Waals surface area contributed by atoms with E-state index in [0.717, 1.165) is 16.9 Å². The fraction of sp³-hybridized carbons (Fsp3) is 0.0741. The Balaban J connectivity index is 1.39. The first-order chi connectivity index (χ1) is 16.7. The molecule has 4 aromatic rings. The Morgan fingerprint density at radius 3 is 2.44 bits per heavy atom. The van der Waals surface area contributed by atoms with Gasteiger partial charge in [-0.15, -0.1) is 0 Å². The minimum Gasteiger partial charge on any atom is -0.495 e. The van der Waals surface area contributed by atoms with E-state index in [0.29, 0.717) is 29.5 Å². The van der Waals surface area contributed by atoms with Crippen molar-refractivity contribution < 1.29 is 13.9 Å². The van der Waals surface area contributed by atoms with Gasteiger partial charge in [0.25, 0.3) is 0 Å². The Kier molecular flexibility index (Phi) is 5.99. The lowest BCUT2D eigenvalue weighted by molar-refractivity contribution is 0.303. The predicted octanol–water partition coefficient (Wildman–Crippen LogP) is 5.44. The number of para-hydroxylation sites is 1. The molecule has 1 N–H and O–H groups in total. The molecule has 170 valence electrons. The molecule has 5 rings (SSSR count). The molecule has 7 heteroatoms. The SMILES string of the molecule is COC1=CN(c2ccc(OCc3ccccc3)cc2F)NC(c2ccnn2-c2ccccc2)=C1. The number of hydrazine groups is 1. The Morgan fingerprint density at radius 1 is 0.941 bits per heavy atom. The Bertz CT molecular complexity index is 1330. The van der Waals surface area contributed by atoms with E-state index in [4.69, 9.17) is 9.47 Å². The number of nitrogens with one attached hydrogen (secondary N) is 1. The van der Waals surface area contributed by atoms with Crippen molar-refractivity contribution in [2.24, 2.45) is 0 Å². The van der Waals surface area contributed by atoms with E-state index in [1.54, 1.807) is 36.6 Å². The van der Waals surface area contributed by atoms with Crippen LogP contribution in [0.1, 0.15) is 11.3 Å². The molecule has 0 aliphatic carbocycles. The average Bonchev–Trinajstić information content (AvgIpc) is 3.38. The molecule has 0 fully saturated rings. The molecule has 2 heterocycles. The zero-order valence-electron chi connectivity index (χ0n) is 18.6. The molecule has 0 amide bonds. The van der Waals surface area contributed by atoms with Crippen LogP contribution in [0, 0.1) is 5.82 Å². The van der Waals surface area contributed by atoms with Gasteiger partial charge in [-0.25, -0.2) is 9.07 Å². The normalized spacial score (nSPS) is 13.1. The summed E-state index contributed by atoms with van der Waals surface area (Å²) in [6.45, 7) is 0.367. The zero-order chi connectivity index (χ0) is 23.3. The lowest BCUT2D eigenvalue weighted by Gasteiger charge is -2.29. The largest absolute Gasteiger partial charge is 0.495 e. The first-order valence-corrected chi connectivity index (χ1v) is 10.8. The monoisotopic (exact) mass is 454 g/mol. The highest BCUT2D eigenvalue weighted by atomic mass is 19.1. The van der Waals surface area contributed by atoms with Gasteiger partial charge in [-0.1, -0.05) is 48.5 Å². The number of benzene rings is 3. The number of nitrogens with zero attached hydrogens (tertiary/aromatic N) is 3. The van der Waals surface area contributed by atoms with Crippen LogP contribution < -0.4 is 15.2 Å². The molecule has 6 nitrogen and oxygen atoms in total. The number of anilines is 1. The third kappa shape index (κ3) is 4.49. The molecule has 0 bridgehead atoms. The second-order valence-corrected chi connectivity index (χ2v) is 7.63. The van der Waals surface area contributed by atoms with Crippen molar-refractivity contribution in [1.82, 2.24) is 15.2 Å². The van der Waals surface area contributed by atoms with Crippen LogP contribution in [0.2, 0.25) is 0 Å². The van der Waals surface area contributed by atoms with Gasteiger partial charge in [-0.2, -0.15) is 5.10 Å². The Labute approximate surface area is 197 Å².